The Labute approximate surface area is 118 Å². The summed E-state index contributed by atoms with van der Waals surface area (Å²) in [5.41, 5.74) is 7.29. The number of fused-ring (bicyclic) bond motifs is 1. The smallest absolute Gasteiger partial charge is 0.250 e. The van der Waals surface area contributed by atoms with Crippen LogP contribution in [-0.2, 0) is 10.3 Å². The molecule has 0 fully saturated rings. The number of carbonyl (C=O) groups is 1. The topological polar surface area (TPSA) is 80.9 Å². The third-order valence-electron chi connectivity index (χ3n) is 3.13. The van der Waals surface area contributed by atoms with Gasteiger partial charge in [-0.25, -0.2) is 0 Å². The molecule has 0 radical (unpaired) electrons. The molecule has 1 aromatic heterocycles. The Hall–Kier alpha value is -2.27. The number of anilines is 1. The van der Waals surface area contributed by atoms with E-state index < -0.39 is 5.54 Å². The van der Waals surface area contributed by atoms with Crippen molar-refractivity contribution in [2.75, 3.05) is 5.32 Å². The highest BCUT2D eigenvalue weighted by atomic mass is 16.2. The third-order valence-corrected chi connectivity index (χ3v) is 3.13. The van der Waals surface area contributed by atoms with E-state index in [1.807, 2.05) is 50.2 Å². The second-order valence-corrected chi connectivity index (χ2v) is 4.51. The first-order valence-corrected chi connectivity index (χ1v) is 6.63. The van der Waals surface area contributed by atoms with Crippen LogP contribution < -0.4 is 11.1 Å². The summed E-state index contributed by atoms with van der Waals surface area (Å²) in [7, 11) is 0. The van der Waals surface area contributed by atoms with Crippen molar-refractivity contribution in [1.29, 1.82) is 0 Å². The van der Waals surface area contributed by atoms with Crippen molar-refractivity contribution in [1.82, 2.24) is 10.2 Å². The van der Waals surface area contributed by atoms with Gasteiger partial charge in [-0.05, 0) is 13.0 Å². The highest BCUT2D eigenvalue weighted by Crippen LogP contribution is 2.33. The molecule has 1 aliphatic heterocycles. The zero-order valence-corrected chi connectivity index (χ0v) is 11.8. The molecule has 0 bridgehead atoms. The van der Waals surface area contributed by atoms with E-state index in [1.54, 1.807) is 6.92 Å². The fraction of sp³-hybridized carbons (Fsp3) is 0.267. The largest absolute Gasteiger partial charge is 0.314 e. The van der Waals surface area contributed by atoms with Gasteiger partial charge in [0.15, 0.2) is 5.82 Å². The standard InChI is InChI=1S/C13H12N4O.C2H6/c1-13(14)9-7-10(8-5-3-2-4-6-8)16-17-11(9)15-12(13)18;1-2/h2-7H,14H2,1H3,(H,15,17,18);1-2H3. The number of hydrogen-bond donors (Lipinski definition) is 2. The number of rotatable bonds is 1. The number of amides is 1. The monoisotopic (exact) mass is 270 g/mol. The van der Waals surface area contributed by atoms with Gasteiger partial charge < -0.3 is 11.1 Å². The molecule has 5 heteroatoms. The number of nitrogens with one attached hydrogen (secondary N) is 1. The molecule has 5 nitrogen and oxygen atoms in total. The van der Waals surface area contributed by atoms with Crippen LogP contribution in [0.25, 0.3) is 11.3 Å². The first kappa shape index (κ1) is 14.1. The van der Waals surface area contributed by atoms with Crippen LogP contribution in [-0.4, -0.2) is 16.1 Å². The highest BCUT2D eigenvalue weighted by Gasteiger charge is 2.40. The molecule has 1 aromatic carbocycles. The summed E-state index contributed by atoms with van der Waals surface area (Å²) in [6.07, 6.45) is 0. The molecule has 1 atom stereocenters. The lowest BCUT2D eigenvalue weighted by atomic mass is 9.95. The Morgan fingerprint density at radius 3 is 2.45 bits per heavy atom. The van der Waals surface area contributed by atoms with Crippen molar-refractivity contribution in [2.45, 2.75) is 26.3 Å². The van der Waals surface area contributed by atoms with Gasteiger partial charge in [0.1, 0.15) is 5.54 Å². The van der Waals surface area contributed by atoms with Gasteiger partial charge in [0.25, 0.3) is 0 Å². The molecule has 104 valence electrons. The number of hydrogen-bond acceptors (Lipinski definition) is 4. The van der Waals surface area contributed by atoms with Crippen molar-refractivity contribution in [2.24, 2.45) is 5.73 Å². The van der Waals surface area contributed by atoms with Crippen LogP contribution in [0.2, 0.25) is 0 Å². The first-order chi connectivity index (χ1) is 9.59. The van der Waals surface area contributed by atoms with E-state index >= 15 is 0 Å². The van der Waals surface area contributed by atoms with Crippen molar-refractivity contribution in [3.05, 3.63) is 42.0 Å². The molecule has 1 aliphatic rings. The fourth-order valence-electron chi connectivity index (χ4n) is 1.99. The maximum atomic E-state index is 11.7. The van der Waals surface area contributed by atoms with Crippen LogP contribution in [0.4, 0.5) is 5.82 Å². The SMILES string of the molecule is CC.CC1(N)C(=O)Nc2nnc(-c3ccccc3)cc21. The number of nitrogens with zero attached hydrogens (tertiary/aromatic N) is 2. The normalized spacial score (nSPS) is 19.7. The van der Waals surface area contributed by atoms with Crippen molar-refractivity contribution >= 4 is 11.7 Å². The van der Waals surface area contributed by atoms with Crippen LogP contribution in [0, 0.1) is 0 Å². The van der Waals surface area contributed by atoms with E-state index in [-0.39, 0.29) is 5.91 Å². The van der Waals surface area contributed by atoms with Gasteiger partial charge in [0.05, 0.1) is 5.69 Å². The maximum absolute atomic E-state index is 11.7. The Bertz CT molecular complexity index is 623. The second-order valence-electron chi connectivity index (χ2n) is 4.51. The first-order valence-electron chi connectivity index (χ1n) is 6.63. The average Bonchev–Trinajstić information content (AvgIpc) is 2.72. The van der Waals surface area contributed by atoms with E-state index in [0.717, 1.165) is 5.56 Å². The minimum atomic E-state index is -1.05. The Balaban J connectivity index is 0.000000704. The van der Waals surface area contributed by atoms with Crippen LogP contribution in [0.1, 0.15) is 26.3 Å². The minimum absolute atomic E-state index is 0.253. The summed E-state index contributed by atoms with van der Waals surface area (Å²) in [4.78, 5) is 11.7. The van der Waals surface area contributed by atoms with Gasteiger partial charge in [-0.1, -0.05) is 44.2 Å². The van der Waals surface area contributed by atoms with E-state index in [4.69, 9.17) is 5.73 Å². The summed E-state index contributed by atoms with van der Waals surface area (Å²) in [6.45, 7) is 5.67. The van der Waals surface area contributed by atoms with Crippen molar-refractivity contribution in [3.8, 4) is 11.3 Å². The van der Waals surface area contributed by atoms with Gasteiger partial charge in [-0.3, -0.25) is 4.79 Å². The second kappa shape index (κ2) is 5.38. The molecule has 1 unspecified atom stereocenters. The molecule has 0 aliphatic carbocycles. The zero-order valence-electron chi connectivity index (χ0n) is 11.8. The summed E-state index contributed by atoms with van der Waals surface area (Å²) in [5, 5.41) is 10.7. The van der Waals surface area contributed by atoms with Crippen LogP contribution in [0.15, 0.2) is 36.4 Å². The number of aromatic nitrogens is 2. The molecule has 3 rings (SSSR count). The van der Waals surface area contributed by atoms with Gasteiger partial charge in [0.2, 0.25) is 5.91 Å². The molecule has 0 saturated heterocycles. The van der Waals surface area contributed by atoms with Crippen LogP contribution in [0.5, 0.6) is 0 Å². The molecule has 3 N–H and O–H groups in total. The summed E-state index contributed by atoms with van der Waals surface area (Å²) in [6, 6.07) is 11.5. The Kier molecular flexibility index (Phi) is 3.81. The number of benzene rings is 1. The number of carbonyl (C=O) groups excluding carboxylic acids is 1. The van der Waals surface area contributed by atoms with Gasteiger partial charge >= 0.3 is 0 Å². The summed E-state index contributed by atoms with van der Waals surface area (Å²) < 4.78 is 0. The van der Waals surface area contributed by atoms with E-state index in [9.17, 15) is 4.79 Å². The quantitative estimate of drug-likeness (QED) is 0.833. The van der Waals surface area contributed by atoms with Crippen molar-refractivity contribution in [3.63, 3.8) is 0 Å². The van der Waals surface area contributed by atoms with Gasteiger partial charge in [0, 0.05) is 11.1 Å². The highest BCUT2D eigenvalue weighted by molar-refractivity contribution is 6.04. The molecular weight excluding hydrogens is 252 g/mol. The van der Waals surface area contributed by atoms with Crippen LogP contribution >= 0.6 is 0 Å². The van der Waals surface area contributed by atoms with E-state index in [1.165, 1.54) is 0 Å². The lowest BCUT2D eigenvalue weighted by molar-refractivity contribution is -0.120. The summed E-state index contributed by atoms with van der Waals surface area (Å²) >= 11 is 0. The molecule has 20 heavy (non-hydrogen) atoms. The minimum Gasteiger partial charge on any atom is -0.314 e. The molecule has 0 saturated carbocycles. The summed E-state index contributed by atoms with van der Waals surface area (Å²) in [5.74, 6) is 0.196. The fourth-order valence-corrected chi connectivity index (χ4v) is 1.99. The number of nitrogens with two attached hydrogens (primary N) is 1. The van der Waals surface area contributed by atoms with Gasteiger partial charge in [-0.15, -0.1) is 10.2 Å². The molecular formula is C15H18N4O. The van der Waals surface area contributed by atoms with E-state index in [0.29, 0.717) is 17.1 Å². The predicted octanol–water partition coefficient (Wildman–Crippen LogP) is 2.30. The van der Waals surface area contributed by atoms with E-state index in [2.05, 4.69) is 15.5 Å². The lowest BCUT2D eigenvalue weighted by Crippen LogP contribution is -2.40. The predicted molar refractivity (Wildman–Crippen MR) is 79.0 cm³/mol. The zero-order chi connectivity index (χ0) is 14.8. The molecule has 2 heterocycles. The molecule has 1 amide bonds. The average molecular weight is 270 g/mol. The van der Waals surface area contributed by atoms with Crippen LogP contribution in [0.3, 0.4) is 0 Å². The van der Waals surface area contributed by atoms with Gasteiger partial charge in [-0.2, -0.15) is 0 Å². The Morgan fingerprint density at radius 1 is 1.15 bits per heavy atom. The lowest BCUT2D eigenvalue weighted by Gasteiger charge is -2.14. The maximum Gasteiger partial charge on any atom is 0.250 e. The Morgan fingerprint density at radius 2 is 1.80 bits per heavy atom. The third kappa shape index (κ3) is 2.28. The van der Waals surface area contributed by atoms with Crippen molar-refractivity contribution < 1.29 is 4.79 Å². The molecule has 0 spiro atoms. The molecule has 2 aromatic rings.